The van der Waals surface area contributed by atoms with Gasteiger partial charge in [0.2, 0.25) is 0 Å². The van der Waals surface area contributed by atoms with E-state index in [4.69, 9.17) is 0 Å². The summed E-state index contributed by atoms with van der Waals surface area (Å²) in [5, 5.41) is 5.57. The van der Waals surface area contributed by atoms with E-state index in [1.165, 1.54) is 93.5 Å². The van der Waals surface area contributed by atoms with Crippen LogP contribution in [0.4, 0.5) is 0 Å². The van der Waals surface area contributed by atoms with Gasteiger partial charge in [-0.1, -0.05) is 63.1 Å². The van der Waals surface area contributed by atoms with Gasteiger partial charge in [-0.2, -0.15) is 6.08 Å². The first-order chi connectivity index (χ1) is 21.0. The molecule has 0 N–H and O–H groups in total. The third-order valence-electron chi connectivity index (χ3n) is 9.08. The van der Waals surface area contributed by atoms with E-state index in [-0.39, 0.29) is 35.6 Å². The van der Waals surface area contributed by atoms with Crippen LogP contribution in [0.2, 0.25) is 0 Å². The predicted molar refractivity (Wildman–Crippen MR) is 188 cm³/mol. The second kappa shape index (κ2) is 14.4. The number of fused-ring (bicyclic) bond motifs is 5. The van der Waals surface area contributed by atoms with Crippen molar-refractivity contribution in [2.45, 2.75) is 58.8 Å². The molecule has 0 aliphatic heterocycles. The molecule has 3 aliphatic rings. The van der Waals surface area contributed by atoms with Crippen LogP contribution in [-0.2, 0) is 35.1 Å². The van der Waals surface area contributed by atoms with Crippen LogP contribution < -0.4 is 24.8 Å². The molecule has 0 amide bonds. The fraction of sp³-hybridized carbons (Fsp3) is 0.209. The van der Waals surface area contributed by atoms with Gasteiger partial charge < -0.3 is 24.8 Å². The number of rotatable bonds is 2. The van der Waals surface area contributed by atoms with Gasteiger partial charge in [-0.3, -0.25) is 6.08 Å². The van der Waals surface area contributed by atoms with Crippen molar-refractivity contribution in [1.29, 1.82) is 0 Å². The summed E-state index contributed by atoms with van der Waals surface area (Å²) in [7, 11) is 0. The van der Waals surface area contributed by atoms with E-state index in [0.29, 0.717) is 0 Å². The average Bonchev–Trinajstić information content (AvgIpc) is 3.79. The normalized spacial score (nSPS) is 15.7. The van der Waals surface area contributed by atoms with E-state index in [1.807, 2.05) is 12.2 Å². The third-order valence-corrected chi connectivity index (χ3v) is 10.5. The first kappa shape index (κ1) is 35.9. The number of hydrogen-bond acceptors (Lipinski definition) is 0. The molecular weight excluding hydrogens is 679 g/mol. The minimum absolute atomic E-state index is 0. The fourth-order valence-corrected chi connectivity index (χ4v) is 7.75. The second-order valence-electron chi connectivity index (χ2n) is 13.3. The molecule has 3 aliphatic carbocycles. The second-order valence-corrected chi connectivity index (χ2v) is 14.6. The molecule has 5 aromatic carbocycles. The Hall–Kier alpha value is -2.96. The number of hydrogen-bond donors (Lipinski definition) is 0. The van der Waals surface area contributed by atoms with Crippen molar-refractivity contribution in [2.75, 3.05) is 0 Å². The summed E-state index contributed by atoms with van der Waals surface area (Å²) in [5.41, 5.74) is 11.6. The summed E-state index contributed by atoms with van der Waals surface area (Å²) in [5.74, 6) is 0. The summed E-state index contributed by atoms with van der Waals surface area (Å²) in [4.78, 5) is 0. The van der Waals surface area contributed by atoms with Crippen molar-refractivity contribution in [3.63, 3.8) is 0 Å². The standard InChI is InChI=1S/C25H25.C13H10.C5H5.2ClH.Zr/c1-14-12-24(3,4)22-8-16-7-17-9-23-19(15(2)13-25(23,5)6)11-21(17)20(16)10-18(14)22;1-3-7-12(8-4-1)11-13-9-5-2-6-10-13;1-2-4-5-3-1;;;/h7-13H,1-6H3;1-10H;1-3H,4H2;2*1H;/q-1;;-1;;;+2/p-2. The molecule has 0 heterocycles. The first-order valence-electron chi connectivity index (χ1n) is 15.6. The van der Waals surface area contributed by atoms with E-state index in [0.717, 1.165) is 6.42 Å². The van der Waals surface area contributed by atoms with Crippen molar-refractivity contribution < 1.29 is 49.0 Å². The molecule has 0 saturated heterocycles. The maximum absolute atomic E-state index is 2.99. The maximum atomic E-state index is 2.99. The van der Waals surface area contributed by atoms with Crippen LogP contribution in [0.1, 0.15) is 81.3 Å². The summed E-state index contributed by atoms with van der Waals surface area (Å²) in [6, 6.07) is 33.2. The molecule has 0 fully saturated rings. The summed E-state index contributed by atoms with van der Waals surface area (Å²) >= 11 is 1.46. The molecule has 232 valence electrons. The summed E-state index contributed by atoms with van der Waals surface area (Å²) in [6.45, 7) is 13.8. The molecule has 46 heavy (non-hydrogen) atoms. The van der Waals surface area contributed by atoms with Gasteiger partial charge in [0.1, 0.15) is 0 Å². The van der Waals surface area contributed by atoms with Gasteiger partial charge >= 0.3 is 99.2 Å². The van der Waals surface area contributed by atoms with Crippen molar-refractivity contribution in [1.82, 2.24) is 0 Å². The van der Waals surface area contributed by atoms with Gasteiger partial charge in [0.25, 0.3) is 0 Å². The van der Waals surface area contributed by atoms with Crippen LogP contribution in [-0.4, -0.2) is 3.21 Å². The van der Waals surface area contributed by atoms with E-state index in [1.54, 1.807) is 0 Å². The van der Waals surface area contributed by atoms with Crippen LogP contribution in [0, 0.1) is 6.08 Å². The average molecular weight is 719 g/mol. The molecule has 0 bridgehead atoms. The van der Waals surface area contributed by atoms with Crippen LogP contribution in [0.25, 0.3) is 32.7 Å². The molecule has 0 radical (unpaired) electrons. The third kappa shape index (κ3) is 7.13. The Morgan fingerprint density at radius 2 is 1.11 bits per heavy atom. The van der Waals surface area contributed by atoms with E-state index in [2.05, 4.69) is 157 Å². The number of halogens is 2. The topological polar surface area (TPSA) is 0 Å². The monoisotopic (exact) mass is 716 g/mol. The molecule has 0 spiro atoms. The zero-order chi connectivity index (χ0) is 31.1. The quantitative estimate of drug-likeness (QED) is 0.220. The molecule has 8 rings (SSSR count). The Morgan fingerprint density at radius 3 is 1.46 bits per heavy atom. The molecule has 5 aromatic rings. The Kier molecular flexibility index (Phi) is 11.3. The van der Waals surface area contributed by atoms with E-state index >= 15 is 0 Å². The first-order valence-corrected chi connectivity index (χ1v) is 16.8. The predicted octanol–water partition coefficient (Wildman–Crippen LogP) is 5.22. The van der Waals surface area contributed by atoms with Crippen LogP contribution in [0.5, 0.6) is 0 Å². The van der Waals surface area contributed by atoms with Gasteiger partial charge in [-0.15, -0.1) is 46.2 Å². The SMILES string of the molecule is CC1=CC(C)(C)c2cc3[cH-]c4cc5c(cc4c3cc21)C(C)=CC5(C)C.[C-]1=CC=CC1.[Cl-].[Cl-].[Zr+2]=[C](c1ccccc1)c1ccccc1. The van der Waals surface area contributed by atoms with Gasteiger partial charge in [0.05, 0.1) is 0 Å². The van der Waals surface area contributed by atoms with E-state index in [9.17, 15) is 0 Å². The van der Waals surface area contributed by atoms with Crippen molar-refractivity contribution in [2.24, 2.45) is 0 Å². The van der Waals surface area contributed by atoms with Crippen LogP contribution >= 0.6 is 0 Å². The Labute approximate surface area is 302 Å². The zero-order valence-corrected chi connectivity index (χ0v) is 31.5. The van der Waals surface area contributed by atoms with Crippen LogP contribution in [0.15, 0.2) is 121 Å². The Morgan fingerprint density at radius 1 is 0.674 bits per heavy atom. The molecule has 0 atom stereocenters. The van der Waals surface area contributed by atoms with Crippen molar-refractivity contribution >= 4 is 35.9 Å². The molecule has 0 nitrogen and oxygen atoms in total. The Bertz CT molecular complexity index is 1860. The molecule has 0 saturated carbocycles. The zero-order valence-electron chi connectivity index (χ0n) is 27.5. The Balaban J connectivity index is 0.000000193. The molecular formula is C43H40Cl2Zr-2. The van der Waals surface area contributed by atoms with E-state index < -0.39 is 0 Å². The van der Waals surface area contributed by atoms with Crippen molar-refractivity contribution in [3.8, 4) is 0 Å². The summed E-state index contributed by atoms with van der Waals surface area (Å²) < 4.78 is 1.42. The molecule has 0 aromatic heterocycles. The molecule has 0 unspecified atom stereocenters. The van der Waals surface area contributed by atoms with Gasteiger partial charge in [0.15, 0.2) is 0 Å². The van der Waals surface area contributed by atoms with Crippen molar-refractivity contribution in [3.05, 3.63) is 161 Å². The van der Waals surface area contributed by atoms with Gasteiger partial charge in [-0.25, -0.2) is 12.2 Å². The fourth-order valence-electron chi connectivity index (χ4n) is 6.93. The molecule has 3 heteroatoms. The number of allylic oxidation sites excluding steroid dienone is 8. The minimum atomic E-state index is 0. The summed E-state index contributed by atoms with van der Waals surface area (Å²) in [6.07, 6.45) is 14.8. The van der Waals surface area contributed by atoms with Gasteiger partial charge in [0, 0.05) is 10.8 Å². The number of benzene rings is 4. The van der Waals surface area contributed by atoms with Gasteiger partial charge in [-0.05, 0) is 36.1 Å². The van der Waals surface area contributed by atoms with Crippen LogP contribution in [0.3, 0.4) is 0 Å².